The maximum atomic E-state index is 13.3. The summed E-state index contributed by atoms with van der Waals surface area (Å²) in [4.78, 5) is 43.9. The summed E-state index contributed by atoms with van der Waals surface area (Å²) in [6.45, 7) is 5.83. The van der Waals surface area contributed by atoms with Gasteiger partial charge in [-0.25, -0.2) is 4.79 Å². The van der Waals surface area contributed by atoms with Gasteiger partial charge in [0, 0.05) is 13.1 Å². The van der Waals surface area contributed by atoms with Crippen LogP contribution in [0.2, 0.25) is 0 Å². The number of amides is 4. The molecule has 1 aromatic rings. The van der Waals surface area contributed by atoms with Gasteiger partial charge in [0.05, 0.1) is 12.6 Å². The average Bonchev–Trinajstić information content (AvgIpc) is 3.21. The first-order valence-corrected chi connectivity index (χ1v) is 11.2. The minimum absolute atomic E-state index is 0.0254. The number of fused-ring (bicyclic) bond motifs is 1. The number of benzene rings is 1. The van der Waals surface area contributed by atoms with Gasteiger partial charge in [0.2, 0.25) is 11.8 Å². The van der Waals surface area contributed by atoms with Crippen LogP contribution in [0, 0.1) is 13.8 Å². The van der Waals surface area contributed by atoms with E-state index in [1.807, 2.05) is 48.4 Å². The van der Waals surface area contributed by atoms with Crippen molar-refractivity contribution in [2.24, 2.45) is 0 Å². The summed E-state index contributed by atoms with van der Waals surface area (Å²) >= 11 is 1.43. The first-order valence-electron chi connectivity index (χ1n) is 10.2. The lowest BCUT2D eigenvalue weighted by atomic mass is 10.0. The molecule has 0 N–H and O–H groups in total. The van der Waals surface area contributed by atoms with Crippen molar-refractivity contribution in [2.75, 3.05) is 19.6 Å². The third kappa shape index (κ3) is 3.92. The summed E-state index contributed by atoms with van der Waals surface area (Å²) in [5, 5.41) is 1.51. The van der Waals surface area contributed by atoms with Gasteiger partial charge in [0.15, 0.2) is 0 Å². The molecule has 3 aliphatic heterocycles. The molecule has 0 saturated carbocycles. The molecular weight excluding hydrogens is 386 g/mol. The zero-order valence-corrected chi connectivity index (χ0v) is 17.8. The van der Waals surface area contributed by atoms with E-state index >= 15 is 0 Å². The van der Waals surface area contributed by atoms with Crippen LogP contribution in [0.1, 0.15) is 36.0 Å². The van der Waals surface area contributed by atoms with Crippen molar-refractivity contribution in [1.29, 1.82) is 0 Å². The minimum Gasteiger partial charge on any atom is -0.341 e. The predicted octanol–water partition coefficient (Wildman–Crippen LogP) is 3.08. The Kier molecular flexibility index (Phi) is 5.67. The van der Waals surface area contributed by atoms with Crippen LogP contribution < -0.4 is 0 Å². The molecule has 0 aliphatic carbocycles. The molecule has 2 atom stereocenters. The molecule has 7 heteroatoms. The second kappa shape index (κ2) is 8.22. The third-order valence-corrected chi connectivity index (χ3v) is 7.17. The smallest absolute Gasteiger partial charge is 0.328 e. The fraction of sp³-hybridized carbons (Fsp3) is 0.500. The molecule has 0 aromatic heterocycles. The van der Waals surface area contributed by atoms with Gasteiger partial charge in [-0.1, -0.05) is 24.3 Å². The van der Waals surface area contributed by atoms with Gasteiger partial charge < -0.3 is 9.80 Å². The van der Waals surface area contributed by atoms with E-state index in [9.17, 15) is 14.4 Å². The summed E-state index contributed by atoms with van der Waals surface area (Å²) in [6.07, 6.45) is 5.05. The van der Waals surface area contributed by atoms with Gasteiger partial charge in [0.25, 0.3) is 0 Å². The molecule has 29 heavy (non-hydrogen) atoms. The number of hydrogen-bond donors (Lipinski definition) is 0. The van der Waals surface area contributed by atoms with Crippen LogP contribution in [-0.4, -0.2) is 63.5 Å². The molecule has 3 aliphatic rings. The van der Waals surface area contributed by atoms with Crippen molar-refractivity contribution < 1.29 is 14.4 Å². The highest BCUT2D eigenvalue weighted by molar-refractivity contribution is 8.03. The number of thioether (sulfide) groups is 1. The highest BCUT2D eigenvalue weighted by Crippen LogP contribution is 2.35. The molecule has 154 valence electrons. The van der Waals surface area contributed by atoms with Crippen molar-refractivity contribution in [3.63, 3.8) is 0 Å². The average molecular weight is 414 g/mol. The van der Waals surface area contributed by atoms with E-state index in [-0.39, 0.29) is 42.2 Å². The molecule has 2 saturated heterocycles. The zero-order valence-electron chi connectivity index (χ0n) is 17.0. The number of carbonyl (C=O) groups excluding carboxylic acids is 3. The first-order chi connectivity index (χ1) is 14.0. The van der Waals surface area contributed by atoms with Crippen molar-refractivity contribution in [1.82, 2.24) is 14.7 Å². The van der Waals surface area contributed by atoms with Crippen LogP contribution in [0.4, 0.5) is 4.79 Å². The fourth-order valence-corrected chi connectivity index (χ4v) is 5.25. The Balaban J connectivity index is 1.54. The van der Waals surface area contributed by atoms with E-state index < -0.39 is 0 Å². The Morgan fingerprint density at radius 2 is 1.86 bits per heavy atom. The number of carbonyl (C=O) groups is 3. The van der Waals surface area contributed by atoms with Crippen LogP contribution >= 0.6 is 11.8 Å². The maximum absolute atomic E-state index is 13.3. The Morgan fingerprint density at radius 1 is 1.10 bits per heavy atom. The van der Waals surface area contributed by atoms with Crippen LogP contribution in [0.3, 0.4) is 0 Å². The Labute approximate surface area is 175 Å². The minimum atomic E-state index is -0.369. The van der Waals surface area contributed by atoms with Gasteiger partial charge in [-0.3, -0.25) is 14.5 Å². The van der Waals surface area contributed by atoms with Gasteiger partial charge in [-0.05, 0) is 55.2 Å². The van der Waals surface area contributed by atoms with Gasteiger partial charge in [0.1, 0.15) is 11.8 Å². The highest BCUT2D eigenvalue weighted by Gasteiger charge is 2.47. The number of hydrogen-bond acceptors (Lipinski definition) is 4. The lowest BCUT2D eigenvalue weighted by molar-refractivity contribution is -0.137. The molecule has 4 rings (SSSR count). The first kappa shape index (κ1) is 20.0. The number of likely N-dealkylation sites (tertiary alicyclic amines) is 1. The monoisotopic (exact) mass is 413 g/mol. The lowest BCUT2D eigenvalue weighted by Crippen LogP contribution is -2.63. The van der Waals surface area contributed by atoms with Crippen LogP contribution in [0.15, 0.2) is 29.7 Å². The van der Waals surface area contributed by atoms with Gasteiger partial charge in [-0.2, -0.15) is 0 Å². The van der Waals surface area contributed by atoms with E-state index in [1.54, 1.807) is 4.90 Å². The van der Waals surface area contributed by atoms with E-state index in [0.717, 1.165) is 43.5 Å². The predicted molar refractivity (Wildman–Crippen MR) is 113 cm³/mol. The van der Waals surface area contributed by atoms with Gasteiger partial charge in [-0.15, -0.1) is 11.8 Å². The molecule has 1 aromatic carbocycles. The number of imide groups is 1. The van der Waals surface area contributed by atoms with Crippen LogP contribution in [-0.2, 0) is 16.1 Å². The van der Waals surface area contributed by atoms with Crippen molar-refractivity contribution in [2.45, 2.75) is 50.9 Å². The fourth-order valence-electron chi connectivity index (χ4n) is 4.19. The summed E-state index contributed by atoms with van der Waals surface area (Å²) in [5.74, 6) is -0.197. The standard InChI is InChI=1S/C22H27N3O3S/c1-15-6-7-17(12-16(15)2)13-25-21(27)20-18(8-11-29-20)24(22(25)28)14-19(26)23-9-4-3-5-10-23/h6-8,11-12,18,20H,3-5,9-10,13-14H2,1-2H3. The highest BCUT2D eigenvalue weighted by atomic mass is 32.2. The van der Waals surface area contributed by atoms with Gasteiger partial charge >= 0.3 is 6.03 Å². The van der Waals surface area contributed by atoms with Crippen LogP contribution in [0.5, 0.6) is 0 Å². The van der Waals surface area contributed by atoms with E-state index in [2.05, 4.69) is 0 Å². The van der Waals surface area contributed by atoms with Crippen molar-refractivity contribution in [3.8, 4) is 0 Å². The number of piperidine rings is 1. The topological polar surface area (TPSA) is 60.9 Å². The summed E-state index contributed by atoms with van der Waals surface area (Å²) in [7, 11) is 0. The molecule has 3 heterocycles. The molecule has 0 radical (unpaired) electrons. The number of rotatable bonds is 4. The second-order valence-corrected chi connectivity index (χ2v) is 9.12. The molecule has 0 spiro atoms. The zero-order chi connectivity index (χ0) is 20.5. The van der Waals surface area contributed by atoms with E-state index in [0.29, 0.717) is 0 Å². The summed E-state index contributed by atoms with van der Waals surface area (Å²) in [6, 6.07) is 5.27. The number of nitrogens with zero attached hydrogens (tertiary/aromatic N) is 3. The quantitative estimate of drug-likeness (QED) is 0.761. The Bertz CT molecular complexity index is 863. The normalized spacial score (nSPS) is 24.3. The molecule has 2 unspecified atom stereocenters. The summed E-state index contributed by atoms with van der Waals surface area (Å²) in [5.41, 5.74) is 3.23. The van der Waals surface area contributed by atoms with E-state index in [4.69, 9.17) is 0 Å². The molecule has 4 amide bonds. The molecule has 6 nitrogen and oxygen atoms in total. The third-order valence-electron chi connectivity index (χ3n) is 6.08. The number of urea groups is 1. The number of aryl methyl sites for hydroxylation is 2. The maximum Gasteiger partial charge on any atom is 0.328 e. The SMILES string of the molecule is Cc1ccc(CN2C(=O)C3SC=CC3N(CC(=O)N3CCCCC3)C2=O)cc1C. The van der Waals surface area contributed by atoms with Crippen molar-refractivity contribution in [3.05, 3.63) is 46.4 Å². The van der Waals surface area contributed by atoms with E-state index in [1.165, 1.54) is 22.2 Å². The lowest BCUT2D eigenvalue weighted by Gasteiger charge is -2.41. The molecule has 2 fully saturated rings. The van der Waals surface area contributed by atoms with Crippen LogP contribution in [0.25, 0.3) is 0 Å². The Morgan fingerprint density at radius 3 is 2.59 bits per heavy atom. The summed E-state index contributed by atoms with van der Waals surface area (Å²) < 4.78 is 0. The second-order valence-electron chi connectivity index (χ2n) is 8.07. The largest absolute Gasteiger partial charge is 0.341 e. The molecule has 0 bridgehead atoms. The molecular formula is C22H27N3O3S. The van der Waals surface area contributed by atoms with Crippen molar-refractivity contribution >= 4 is 29.6 Å². The Hall–Kier alpha value is -2.28.